The number of halogens is 2. The molecule has 1 aromatic rings. The number of esters is 1. The average molecular weight is 418 g/mol. The van der Waals surface area contributed by atoms with E-state index in [-0.39, 0.29) is 29.2 Å². The van der Waals surface area contributed by atoms with E-state index in [0.717, 1.165) is 0 Å². The third kappa shape index (κ3) is 6.59. The van der Waals surface area contributed by atoms with Crippen molar-refractivity contribution in [3.05, 3.63) is 41.4 Å². The molecule has 1 aromatic carbocycles. The van der Waals surface area contributed by atoms with Crippen molar-refractivity contribution in [1.82, 2.24) is 4.72 Å². The first-order valence-electron chi connectivity index (χ1n) is 8.94. The summed E-state index contributed by atoms with van der Waals surface area (Å²) >= 11 is 5.79. The van der Waals surface area contributed by atoms with Crippen LogP contribution in [0.15, 0.2) is 41.3 Å². The molecular weight excluding hydrogens is 393 g/mol. The molecule has 0 heterocycles. The number of ether oxygens (including phenoxy) is 1. The fourth-order valence-electron chi connectivity index (χ4n) is 3.28. The van der Waals surface area contributed by atoms with E-state index in [9.17, 15) is 17.6 Å². The summed E-state index contributed by atoms with van der Waals surface area (Å²) in [5, 5.41) is 0.462. The quantitative estimate of drug-likeness (QED) is 0.488. The van der Waals surface area contributed by atoms with E-state index < -0.39 is 16.2 Å². The van der Waals surface area contributed by atoms with Gasteiger partial charge in [-0.05, 0) is 61.8 Å². The van der Waals surface area contributed by atoms with Crippen LogP contribution in [0.4, 0.5) is 4.39 Å². The molecule has 1 fully saturated rings. The number of benzene rings is 1. The van der Waals surface area contributed by atoms with Gasteiger partial charge in [0.05, 0.1) is 12.0 Å². The summed E-state index contributed by atoms with van der Waals surface area (Å²) in [5.41, 5.74) is 0. The number of hydrogen-bond acceptors (Lipinski definition) is 4. The first kappa shape index (κ1) is 21.9. The van der Waals surface area contributed by atoms with Crippen LogP contribution in [-0.4, -0.2) is 34.2 Å². The van der Waals surface area contributed by atoms with E-state index in [2.05, 4.69) is 9.46 Å². The molecule has 1 aliphatic carbocycles. The van der Waals surface area contributed by atoms with Gasteiger partial charge in [-0.2, -0.15) is 0 Å². The highest BCUT2D eigenvalue weighted by Crippen LogP contribution is 2.36. The van der Waals surface area contributed by atoms with Crippen molar-refractivity contribution >= 4 is 27.6 Å². The van der Waals surface area contributed by atoms with Crippen molar-refractivity contribution in [2.75, 3.05) is 13.7 Å². The largest absolute Gasteiger partial charge is 0.469 e. The predicted molar refractivity (Wildman–Crippen MR) is 103 cm³/mol. The standard InChI is InChI=1S/C19H25ClFNO4S/c1-26-19(23)6-4-2-3-5-17-14(7-12-18(17)21)13-22-27(24,25)16-10-8-15(20)9-11-16/h2-3,8-11,14,17-18,22H,4-7,12-13H2,1H3/b3-2-/t14-,17-,18-/m1/s1. The third-order valence-electron chi connectivity index (χ3n) is 4.86. The predicted octanol–water partition coefficient (Wildman–Crippen LogP) is 3.88. The second kappa shape index (κ2) is 10.2. The lowest BCUT2D eigenvalue weighted by molar-refractivity contribution is -0.140. The molecule has 1 N–H and O–H groups in total. The topological polar surface area (TPSA) is 72.5 Å². The molecule has 150 valence electrons. The summed E-state index contributed by atoms with van der Waals surface area (Å²) in [5.74, 6) is -0.571. The number of rotatable bonds is 9. The van der Waals surface area contributed by atoms with Crippen LogP contribution in [0.25, 0.3) is 0 Å². The molecule has 27 heavy (non-hydrogen) atoms. The fourth-order valence-corrected chi connectivity index (χ4v) is 4.50. The second-order valence-corrected chi connectivity index (χ2v) is 8.85. The molecule has 0 amide bonds. The average Bonchev–Trinajstić information content (AvgIpc) is 3.00. The molecule has 3 atom stereocenters. The summed E-state index contributed by atoms with van der Waals surface area (Å²) in [7, 11) is -2.31. The van der Waals surface area contributed by atoms with Gasteiger partial charge in [0.25, 0.3) is 0 Å². The molecule has 1 aliphatic rings. The maximum atomic E-state index is 14.2. The number of methoxy groups -OCH3 is 1. The van der Waals surface area contributed by atoms with Gasteiger partial charge in [0, 0.05) is 18.0 Å². The van der Waals surface area contributed by atoms with Crippen molar-refractivity contribution < 1.29 is 22.3 Å². The molecule has 2 rings (SSSR count). The molecule has 0 radical (unpaired) electrons. The van der Waals surface area contributed by atoms with Crippen LogP contribution in [0.5, 0.6) is 0 Å². The fraction of sp³-hybridized carbons (Fsp3) is 0.526. The molecule has 0 bridgehead atoms. The van der Waals surface area contributed by atoms with Crippen LogP contribution in [0.1, 0.15) is 32.1 Å². The summed E-state index contributed by atoms with van der Waals surface area (Å²) < 4.78 is 46.1. The smallest absolute Gasteiger partial charge is 0.305 e. The monoisotopic (exact) mass is 417 g/mol. The van der Waals surface area contributed by atoms with Gasteiger partial charge < -0.3 is 4.74 Å². The summed E-state index contributed by atoms with van der Waals surface area (Å²) in [6.07, 6.45) is 5.21. The van der Waals surface area contributed by atoms with Gasteiger partial charge >= 0.3 is 5.97 Å². The van der Waals surface area contributed by atoms with Gasteiger partial charge in [-0.15, -0.1) is 0 Å². The van der Waals surface area contributed by atoms with Gasteiger partial charge in [0.2, 0.25) is 10.0 Å². The molecule has 1 saturated carbocycles. The Balaban J connectivity index is 1.88. The number of alkyl halides is 1. The van der Waals surface area contributed by atoms with Gasteiger partial charge in [0.1, 0.15) is 6.17 Å². The highest BCUT2D eigenvalue weighted by atomic mass is 35.5. The number of allylic oxidation sites excluding steroid dienone is 2. The first-order valence-corrected chi connectivity index (χ1v) is 10.8. The molecule has 0 aromatic heterocycles. The second-order valence-electron chi connectivity index (χ2n) is 6.65. The van der Waals surface area contributed by atoms with E-state index >= 15 is 0 Å². The lowest BCUT2D eigenvalue weighted by Crippen LogP contribution is -2.32. The van der Waals surface area contributed by atoms with Gasteiger partial charge in [-0.25, -0.2) is 17.5 Å². The zero-order chi connectivity index (χ0) is 19.9. The molecule has 0 spiro atoms. The van der Waals surface area contributed by atoms with Crippen LogP contribution in [0.3, 0.4) is 0 Å². The summed E-state index contributed by atoms with van der Waals surface area (Å²) in [6.45, 7) is 0.200. The van der Waals surface area contributed by atoms with E-state index in [1.54, 1.807) is 0 Å². The van der Waals surface area contributed by atoms with Crippen molar-refractivity contribution in [2.45, 2.75) is 43.2 Å². The van der Waals surface area contributed by atoms with E-state index in [1.807, 2.05) is 12.2 Å². The number of sulfonamides is 1. The Morgan fingerprint density at radius 1 is 1.30 bits per heavy atom. The minimum atomic E-state index is -3.65. The number of hydrogen-bond donors (Lipinski definition) is 1. The van der Waals surface area contributed by atoms with Crippen LogP contribution in [0, 0.1) is 11.8 Å². The van der Waals surface area contributed by atoms with E-state index in [4.69, 9.17) is 11.6 Å². The normalized spacial score (nSPS) is 23.0. The molecule has 0 aliphatic heterocycles. The number of carbonyl (C=O) groups is 1. The minimum absolute atomic E-state index is 0.0627. The van der Waals surface area contributed by atoms with Crippen molar-refractivity contribution in [3.63, 3.8) is 0 Å². The highest BCUT2D eigenvalue weighted by molar-refractivity contribution is 7.89. The van der Waals surface area contributed by atoms with Crippen molar-refractivity contribution in [3.8, 4) is 0 Å². The number of nitrogens with one attached hydrogen (secondary N) is 1. The highest BCUT2D eigenvalue weighted by Gasteiger charge is 2.35. The van der Waals surface area contributed by atoms with E-state index in [1.165, 1.54) is 31.4 Å². The lowest BCUT2D eigenvalue weighted by Gasteiger charge is -2.20. The molecular formula is C19H25ClFNO4S. The molecule has 8 heteroatoms. The summed E-state index contributed by atoms with van der Waals surface area (Å²) in [4.78, 5) is 11.2. The van der Waals surface area contributed by atoms with Crippen molar-refractivity contribution in [1.29, 1.82) is 0 Å². The van der Waals surface area contributed by atoms with Crippen LogP contribution < -0.4 is 4.72 Å². The zero-order valence-corrected chi connectivity index (χ0v) is 16.8. The van der Waals surface area contributed by atoms with E-state index in [0.29, 0.717) is 37.1 Å². The maximum Gasteiger partial charge on any atom is 0.305 e. The van der Waals surface area contributed by atoms with Gasteiger partial charge in [0.15, 0.2) is 0 Å². The van der Waals surface area contributed by atoms with Crippen LogP contribution >= 0.6 is 11.6 Å². The Morgan fingerprint density at radius 2 is 2.00 bits per heavy atom. The molecule has 0 saturated heterocycles. The third-order valence-corrected chi connectivity index (χ3v) is 6.55. The lowest BCUT2D eigenvalue weighted by atomic mass is 9.92. The van der Waals surface area contributed by atoms with Crippen LogP contribution in [-0.2, 0) is 19.6 Å². The van der Waals surface area contributed by atoms with Gasteiger partial charge in [-0.1, -0.05) is 23.8 Å². The van der Waals surface area contributed by atoms with Crippen molar-refractivity contribution in [2.24, 2.45) is 11.8 Å². The maximum absolute atomic E-state index is 14.2. The number of carbonyl (C=O) groups excluding carboxylic acids is 1. The zero-order valence-electron chi connectivity index (χ0n) is 15.2. The summed E-state index contributed by atoms with van der Waals surface area (Å²) in [6, 6.07) is 5.92. The SMILES string of the molecule is COC(=O)CC/C=C\C[C@@H]1[C@@H](CNS(=O)(=O)c2ccc(Cl)cc2)CC[C@H]1F. The Labute approximate surface area is 165 Å². The van der Waals surface area contributed by atoms with Gasteiger partial charge in [-0.3, -0.25) is 4.79 Å². The Bertz CT molecular complexity index is 751. The minimum Gasteiger partial charge on any atom is -0.469 e. The Morgan fingerprint density at radius 3 is 2.67 bits per heavy atom. The Kier molecular flexibility index (Phi) is 8.26. The Hall–Kier alpha value is -1.44. The first-order chi connectivity index (χ1) is 12.8. The van der Waals surface area contributed by atoms with Crippen LogP contribution in [0.2, 0.25) is 5.02 Å². The molecule has 5 nitrogen and oxygen atoms in total. The molecule has 0 unspecified atom stereocenters.